The molecule has 0 aromatic carbocycles. The molecule has 1 aliphatic heterocycles. The second-order valence-corrected chi connectivity index (χ2v) is 3.20. The number of carboxylic acid groups (broad SMARTS) is 1. The van der Waals surface area contributed by atoms with Gasteiger partial charge in [-0.25, -0.2) is 4.79 Å². The first kappa shape index (κ1) is 8.31. The predicted molar refractivity (Wildman–Crippen MR) is 48.4 cm³/mol. The number of nitrogens with one attached hydrogen (secondary N) is 1. The van der Waals surface area contributed by atoms with Gasteiger partial charge in [0.15, 0.2) is 0 Å². The molecule has 2 rings (SSSR count). The van der Waals surface area contributed by atoms with Gasteiger partial charge in [-0.1, -0.05) is 12.2 Å². The van der Waals surface area contributed by atoms with Crippen LogP contribution in [0.3, 0.4) is 0 Å². The third-order valence-electron chi connectivity index (χ3n) is 2.40. The molecule has 2 N–H and O–H groups in total. The van der Waals surface area contributed by atoms with Crippen LogP contribution in [0.25, 0.3) is 0 Å². The Labute approximate surface area is 76.5 Å². The van der Waals surface area contributed by atoms with Gasteiger partial charge in [0.25, 0.3) is 0 Å². The Morgan fingerprint density at radius 2 is 2.54 bits per heavy atom. The molecule has 0 radical (unpaired) electrons. The smallest absolute Gasteiger partial charge is 0.411 e. The monoisotopic (exact) mass is 180 g/mol. The first-order valence-electron chi connectivity index (χ1n) is 4.39. The maximum Gasteiger partial charge on any atom is 0.411 e. The number of allylic oxidation sites excluding steroid dienone is 2. The Hall–Kier alpha value is -1.29. The van der Waals surface area contributed by atoms with Crippen LogP contribution in [0.2, 0.25) is 0 Å². The lowest BCUT2D eigenvalue weighted by Gasteiger charge is -2.35. The number of amides is 1. The molecule has 0 aromatic rings. The van der Waals surface area contributed by atoms with Gasteiger partial charge in [0, 0.05) is 18.8 Å². The van der Waals surface area contributed by atoms with E-state index in [1.807, 2.05) is 18.2 Å². The largest absolute Gasteiger partial charge is 0.465 e. The average Bonchev–Trinajstić information content (AvgIpc) is 2.17. The maximum absolute atomic E-state index is 10.8. The third kappa shape index (κ3) is 1.45. The number of carbonyl (C=O) groups is 1. The number of rotatable bonds is 0. The van der Waals surface area contributed by atoms with E-state index in [9.17, 15) is 4.79 Å². The molecule has 1 aliphatic carbocycles. The van der Waals surface area contributed by atoms with Gasteiger partial charge in [0.05, 0.1) is 6.04 Å². The fourth-order valence-electron chi connectivity index (χ4n) is 1.77. The van der Waals surface area contributed by atoms with E-state index in [2.05, 4.69) is 5.32 Å². The van der Waals surface area contributed by atoms with Crippen molar-refractivity contribution in [2.45, 2.75) is 12.5 Å². The normalized spacial score (nSPS) is 26.6. The highest BCUT2D eigenvalue weighted by Crippen LogP contribution is 2.20. The van der Waals surface area contributed by atoms with Gasteiger partial charge in [-0.15, -0.1) is 0 Å². The molecule has 0 saturated carbocycles. The summed E-state index contributed by atoms with van der Waals surface area (Å²) in [6.45, 7) is 1.29. The molecular formula is C9H12N2O2. The highest BCUT2D eigenvalue weighted by molar-refractivity contribution is 5.68. The molecule has 0 spiro atoms. The van der Waals surface area contributed by atoms with Crippen molar-refractivity contribution in [3.8, 4) is 0 Å². The van der Waals surface area contributed by atoms with E-state index in [1.54, 1.807) is 0 Å². The van der Waals surface area contributed by atoms with Crippen molar-refractivity contribution < 1.29 is 9.90 Å². The minimum Gasteiger partial charge on any atom is -0.465 e. The summed E-state index contributed by atoms with van der Waals surface area (Å²) in [6.07, 6.45) is 5.86. The molecule has 1 unspecified atom stereocenters. The number of nitrogens with zero attached hydrogens (tertiary/aromatic N) is 1. The summed E-state index contributed by atoms with van der Waals surface area (Å²) in [5, 5.41) is 12.2. The van der Waals surface area contributed by atoms with Gasteiger partial charge in [-0.3, -0.25) is 4.90 Å². The fraction of sp³-hybridized carbons (Fsp3) is 0.444. The minimum absolute atomic E-state index is 0.190. The van der Waals surface area contributed by atoms with Crippen LogP contribution >= 0.6 is 0 Å². The zero-order valence-electron chi connectivity index (χ0n) is 7.23. The van der Waals surface area contributed by atoms with Crippen LogP contribution in [-0.4, -0.2) is 35.2 Å². The van der Waals surface area contributed by atoms with E-state index in [1.165, 1.54) is 4.90 Å². The zero-order valence-corrected chi connectivity index (χ0v) is 7.23. The number of hydrogen-bond donors (Lipinski definition) is 2. The fourth-order valence-corrected chi connectivity index (χ4v) is 1.77. The lowest BCUT2D eigenvalue weighted by molar-refractivity contribution is 0.147. The van der Waals surface area contributed by atoms with Gasteiger partial charge in [-0.2, -0.15) is 0 Å². The molecule has 0 bridgehead atoms. The van der Waals surface area contributed by atoms with Crippen LogP contribution in [0.15, 0.2) is 23.9 Å². The Balaban J connectivity index is 2.24. The third-order valence-corrected chi connectivity index (χ3v) is 2.40. The standard InChI is InChI=1S/C9H12N2O2/c12-9(13)11-6-5-10-7-3-1-2-4-8(7)11/h1-2,4,7,10H,3,5-6H2,(H,12,13). The Bertz CT molecular complexity index is 283. The Morgan fingerprint density at radius 1 is 1.69 bits per heavy atom. The summed E-state index contributed by atoms with van der Waals surface area (Å²) in [5.74, 6) is 0. The summed E-state index contributed by atoms with van der Waals surface area (Å²) >= 11 is 0. The van der Waals surface area contributed by atoms with Gasteiger partial charge in [0.2, 0.25) is 0 Å². The van der Waals surface area contributed by atoms with Gasteiger partial charge in [0.1, 0.15) is 0 Å². The molecule has 1 saturated heterocycles. The first-order valence-corrected chi connectivity index (χ1v) is 4.39. The first-order chi connectivity index (χ1) is 6.29. The molecule has 4 heteroatoms. The van der Waals surface area contributed by atoms with E-state index < -0.39 is 6.09 Å². The lowest BCUT2D eigenvalue weighted by Crippen LogP contribution is -2.50. The second-order valence-electron chi connectivity index (χ2n) is 3.20. The summed E-state index contributed by atoms with van der Waals surface area (Å²) < 4.78 is 0. The molecule has 1 heterocycles. The van der Waals surface area contributed by atoms with Crippen molar-refractivity contribution in [3.63, 3.8) is 0 Å². The Kier molecular flexibility index (Phi) is 2.06. The van der Waals surface area contributed by atoms with E-state index >= 15 is 0 Å². The van der Waals surface area contributed by atoms with E-state index in [0.717, 1.165) is 18.7 Å². The van der Waals surface area contributed by atoms with Crippen molar-refractivity contribution in [1.82, 2.24) is 10.2 Å². The Morgan fingerprint density at radius 3 is 3.31 bits per heavy atom. The van der Waals surface area contributed by atoms with Gasteiger partial charge < -0.3 is 10.4 Å². The van der Waals surface area contributed by atoms with Crippen molar-refractivity contribution in [1.29, 1.82) is 0 Å². The van der Waals surface area contributed by atoms with Gasteiger partial charge >= 0.3 is 6.09 Å². The molecule has 70 valence electrons. The minimum atomic E-state index is -0.854. The molecule has 4 nitrogen and oxygen atoms in total. The molecule has 1 atom stereocenters. The van der Waals surface area contributed by atoms with Crippen LogP contribution in [0.1, 0.15) is 6.42 Å². The van der Waals surface area contributed by atoms with Crippen LogP contribution in [0.4, 0.5) is 4.79 Å². The lowest BCUT2D eigenvalue weighted by atomic mass is 10.0. The quantitative estimate of drug-likeness (QED) is 0.579. The predicted octanol–water partition coefficient (Wildman–Crippen LogP) is 0.782. The average molecular weight is 180 g/mol. The summed E-state index contributed by atoms with van der Waals surface area (Å²) in [7, 11) is 0. The molecule has 1 amide bonds. The molecular weight excluding hydrogens is 168 g/mol. The molecule has 2 aliphatic rings. The second kappa shape index (κ2) is 3.22. The van der Waals surface area contributed by atoms with Gasteiger partial charge in [-0.05, 0) is 12.5 Å². The number of hydrogen-bond acceptors (Lipinski definition) is 2. The molecule has 13 heavy (non-hydrogen) atoms. The van der Waals surface area contributed by atoms with Crippen molar-refractivity contribution in [2.24, 2.45) is 0 Å². The maximum atomic E-state index is 10.8. The van der Waals surface area contributed by atoms with Crippen LogP contribution in [0, 0.1) is 0 Å². The van der Waals surface area contributed by atoms with Crippen LogP contribution < -0.4 is 5.32 Å². The number of fused-ring (bicyclic) bond motifs is 1. The summed E-state index contributed by atoms with van der Waals surface area (Å²) in [4.78, 5) is 12.3. The van der Waals surface area contributed by atoms with E-state index in [0.29, 0.717) is 6.54 Å². The topological polar surface area (TPSA) is 52.6 Å². The van der Waals surface area contributed by atoms with E-state index in [-0.39, 0.29) is 6.04 Å². The van der Waals surface area contributed by atoms with Crippen molar-refractivity contribution >= 4 is 6.09 Å². The molecule has 0 aromatic heterocycles. The van der Waals surface area contributed by atoms with E-state index in [4.69, 9.17) is 5.11 Å². The summed E-state index contributed by atoms with van der Waals surface area (Å²) in [6, 6.07) is 0.190. The molecule has 1 fully saturated rings. The van der Waals surface area contributed by atoms with Crippen molar-refractivity contribution in [2.75, 3.05) is 13.1 Å². The van der Waals surface area contributed by atoms with Crippen LogP contribution in [0.5, 0.6) is 0 Å². The SMILES string of the molecule is O=C(O)N1CCNC2CC=CC=C21. The number of piperazine rings is 1. The highest BCUT2D eigenvalue weighted by atomic mass is 16.4. The summed E-state index contributed by atoms with van der Waals surface area (Å²) in [5.41, 5.74) is 0.876. The van der Waals surface area contributed by atoms with Crippen molar-refractivity contribution in [3.05, 3.63) is 23.9 Å². The zero-order chi connectivity index (χ0) is 9.26. The highest BCUT2D eigenvalue weighted by Gasteiger charge is 2.28. The van der Waals surface area contributed by atoms with Crippen LogP contribution in [-0.2, 0) is 0 Å².